The number of hydrogen-bond acceptors (Lipinski definition) is 4. The minimum Gasteiger partial charge on any atom is -0.354 e. The van der Waals surface area contributed by atoms with Crippen molar-refractivity contribution >= 4 is 29.4 Å². The number of imidazole rings is 1. The fourth-order valence-corrected chi connectivity index (χ4v) is 4.77. The summed E-state index contributed by atoms with van der Waals surface area (Å²) in [6.45, 7) is 6.85. The number of hydrogen-bond donors (Lipinski definition) is 3. The molecular formula is C22H29ClN6O2. The van der Waals surface area contributed by atoms with Gasteiger partial charge in [-0.15, -0.1) is 0 Å². The van der Waals surface area contributed by atoms with E-state index in [-0.39, 0.29) is 29.4 Å². The van der Waals surface area contributed by atoms with E-state index in [0.717, 1.165) is 55.7 Å². The highest BCUT2D eigenvalue weighted by atomic mass is 35.5. The number of rotatable bonds is 4. The molecule has 166 valence electrons. The molecule has 1 aliphatic carbocycles. The van der Waals surface area contributed by atoms with Crippen molar-refractivity contribution in [2.75, 3.05) is 5.32 Å². The molecule has 0 aromatic carbocycles. The van der Waals surface area contributed by atoms with Gasteiger partial charge in [-0.3, -0.25) is 10.1 Å². The summed E-state index contributed by atoms with van der Waals surface area (Å²) >= 11 is 6.44. The van der Waals surface area contributed by atoms with Crippen molar-refractivity contribution in [2.45, 2.75) is 71.5 Å². The van der Waals surface area contributed by atoms with Crippen molar-refractivity contribution < 1.29 is 9.59 Å². The number of halogens is 1. The van der Waals surface area contributed by atoms with Gasteiger partial charge in [-0.1, -0.05) is 25.4 Å². The van der Waals surface area contributed by atoms with Crippen LogP contribution in [0.25, 0.3) is 11.3 Å². The van der Waals surface area contributed by atoms with Gasteiger partial charge in [0.15, 0.2) is 0 Å². The number of carbonyl (C=O) groups excluding carboxylic acids is 2. The van der Waals surface area contributed by atoms with Gasteiger partial charge in [0.1, 0.15) is 11.6 Å². The number of nitrogens with zero attached hydrogens (tertiary/aromatic N) is 3. The number of fused-ring (bicyclic) bond motifs is 1. The fourth-order valence-electron chi connectivity index (χ4n) is 4.57. The molecule has 2 aromatic heterocycles. The third kappa shape index (κ3) is 5.01. The SMILES string of the molecule is CC(=O)NC1CCC(NC(=O)Nc2cc(-c3cnc4n3CC(C)(C)C4)c(Cl)cn2)CC1. The summed E-state index contributed by atoms with van der Waals surface area (Å²) in [4.78, 5) is 32.5. The van der Waals surface area contributed by atoms with Crippen LogP contribution >= 0.6 is 11.6 Å². The van der Waals surface area contributed by atoms with E-state index in [4.69, 9.17) is 11.6 Å². The van der Waals surface area contributed by atoms with E-state index in [9.17, 15) is 9.59 Å². The molecule has 4 rings (SSSR count). The predicted molar refractivity (Wildman–Crippen MR) is 120 cm³/mol. The van der Waals surface area contributed by atoms with Crippen molar-refractivity contribution in [3.8, 4) is 11.3 Å². The van der Waals surface area contributed by atoms with Gasteiger partial charge < -0.3 is 15.2 Å². The molecule has 9 heteroatoms. The van der Waals surface area contributed by atoms with E-state index in [2.05, 4.69) is 44.3 Å². The molecule has 0 atom stereocenters. The molecule has 0 radical (unpaired) electrons. The highest BCUT2D eigenvalue weighted by Crippen LogP contribution is 2.37. The van der Waals surface area contributed by atoms with E-state index in [0.29, 0.717) is 10.8 Å². The second-order valence-corrected chi connectivity index (χ2v) is 9.79. The van der Waals surface area contributed by atoms with Gasteiger partial charge in [0.05, 0.1) is 16.9 Å². The Bertz CT molecular complexity index is 994. The smallest absolute Gasteiger partial charge is 0.320 e. The number of anilines is 1. The lowest BCUT2D eigenvalue weighted by Gasteiger charge is -2.29. The largest absolute Gasteiger partial charge is 0.354 e. The minimum atomic E-state index is -0.289. The molecule has 3 heterocycles. The molecule has 1 aliphatic heterocycles. The molecule has 3 amide bonds. The van der Waals surface area contributed by atoms with E-state index in [1.165, 1.54) is 6.92 Å². The van der Waals surface area contributed by atoms with Crippen LogP contribution in [0.5, 0.6) is 0 Å². The summed E-state index contributed by atoms with van der Waals surface area (Å²) in [5, 5.41) is 9.31. The Morgan fingerprint density at radius 2 is 1.77 bits per heavy atom. The van der Waals surface area contributed by atoms with Crippen molar-refractivity contribution in [2.24, 2.45) is 5.41 Å². The van der Waals surface area contributed by atoms with Crippen molar-refractivity contribution in [3.05, 3.63) is 29.3 Å². The summed E-state index contributed by atoms with van der Waals surface area (Å²) in [5.74, 6) is 1.48. The molecular weight excluding hydrogens is 416 g/mol. The first-order valence-electron chi connectivity index (χ1n) is 10.7. The molecule has 3 N–H and O–H groups in total. The van der Waals surface area contributed by atoms with Crippen LogP contribution in [0, 0.1) is 5.41 Å². The highest BCUT2D eigenvalue weighted by Gasteiger charge is 2.32. The van der Waals surface area contributed by atoms with Crippen LogP contribution in [-0.4, -0.2) is 38.6 Å². The zero-order valence-electron chi connectivity index (χ0n) is 18.2. The second kappa shape index (κ2) is 8.49. The number of amides is 3. The monoisotopic (exact) mass is 444 g/mol. The molecule has 31 heavy (non-hydrogen) atoms. The Kier molecular flexibility index (Phi) is 5.92. The van der Waals surface area contributed by atoms with Crippen molar-refractivity contribution in [1.29, 1.82) is 0 Å². The molecule has 0 spiro atoms. The van der Waals surface area contributed by atoms with Crippen molar-refractivity contribution in [1.82, 2.24) is 25.2 Å². The zero-order chi connectivity index (χ0) is 22.2. The van der Waals surface area contributed by atoms with Crippen LogP contribution in [0.3, 0.4) is 0 Å². The van der Waals surface area contributed by atoms with Gasteiger partial charge in [0, 0.05) is 43.7 Å². The number of aromatic nitrogens is 3. The standard InChI is InChI=1S/C22H29ClN6O2/c1-13(30)26-14-4-6-15(7-5-14)27-21(31)28-19-8-16(17(23)10-24-19)18-11-25-20-9-22(2,3)12-29(18)20/h8,10-11,14-15H,4-7,9,12H2,1-3H3,(H,26,30)(H2,24,27,28,31). The van der Waals surface area contributed by atoms with E-state index < -0.39 is 0 Å². The van der Waals surface area contributed by atoms with Crippen LogP contribution < -0.4 is 16.0 Å². The molecule has 1 saturated carbocycles. The lowest BCUT2D eigenvalue weighted by atomic mass is 9.91. The molecule has 0 bridgehead atoms. The molecule has 8 nitrogen and oxygen atoms in total. The predicted octanol–water partition coefficient (Wildman–Crippen LogP) is 3.75. The first kappa shape index (κ1) is 21.6. The van der Waals surface area contributed by atoms with Crippen LogP contribution in [-0.2, 0) is 17.8 Å². The lowest BCUT2D eigenvalue weighted by Crippen LogP contribution is -2.44. The summed E-state index contributed by atoms with van der Waals surface area (Å²) in [6.07, 6.45) is 7.69. The average Bonchev–Trinajstić information content (AvgIpc) is 3.19. The maximum atomic E-state index is 12.5. The second-order valence-electron chi connectivity index (χ2n) is 9.38. The van der Waals surface area contributed by atoms with Gasteiger partial charge in [0.2, 0.25) is 5.91 Å². The zero-order valence-corrected chi connectivity index (χ0v) is 18.9. The van der Waals surface area contributed by atoms with E-state index in [1.807, 2.05) is 6.20 Å². The van der Waals surface area contributed by atoms with Crippen LogP contribution in [0.15, 0.2) is 18.5 Å². The third-order valence-corrected chi connectivity index (χ3v) is 6.30. The van der Waals surface area contributed by atoms with Gasteiger partial charge in [-0.25, -0.2) is 14.8 Å². The quantitative estimate of drug-likeness (QED) is 0.668. The van der Waals surface area contributed by atoms with Gasteiger partial charge in [0.25, 0.3) is 0 Å². The van der Waals surface area contributed by atoms with Crippen molar-refractivity contribution in [3.63, 3.8) is 0 Å². The average molecular weight is 445 g/mol. The Morgan fingerprint density at radius 1 is 1.10 bits per heavy atom. The van der Waals surface area contributed by atoms with Crippen LogP contribution in [0.1, 0.15) is 52.3 Å². The lowest BCUT2D eigenvalue weighted by molar-refractivity contribution is -0.119. The van der Waals surface area contributed by atoms with Gasteiger partial charge in [-0.2, -0.15) is 0 Å². The maximum Gasteiger partial charge on any atom is 0.320 e. The minimum absolute atomic E-state index is 0.00818. The molecule has 1 fully saturated rings. The Balaban J connectivity index is 1.40. The molecule has 2 aliphatic rings. The summed E-state index contributed by atoms with van der Waals surface area (Å²) in [6, 6.07) is 1.78. The fraction of sp³-hybridized carbons (Fsp3) is 0.545. The van der Waals surface area contributed by atoms with Gasteiger partial charge >= 0.3 is 6.03 Å². The number of carbonyl (C=O) groups is 2. The van der Waals surface area contributed by atoms with E-state index in [1.54, 1.807) is 12.3 Å². The van der Waals surface area contributed by atoms with Crippen LogP contribution in [0.4, 0.5) is 10.6 Å². The Labute approximate surface area is 187 Å². The Hall–Kier alpha value is -2.61. The first-order valence-corrected chi connectivity index (χ1v) is 11.1. The topological polar surface area (TPSA) is 101 Å². The van der Waals surface area contributed by atoms with Gasteiger partial charge in [-0.05, 0) is 37.2 Å². The van der Waals surface area contributed by atoms with E-state index >= 15 is 0 Å². The molecule has 2 aromatic rings. The Morgan fingerprint density at radius 3 is 2.45 bits per heavy atom. The number of urea groups is 1. The molecule has 0 unspecified atom stereocenters. The summed E-state index contributed by atoms with van der Waals surface area (Å²) in [5.41, 5.74) is 1.91. The van der Waals surface area contributed by atoms with Crippen LogP contribution in [0.2, 0.25) is 5.02 Å². The number of nitrogens with one attached hydrogen (secondary N) is 3. The number of pyridine rings is 1. The maximum absolute atomic E-state index is 12.5. The first-order chi connectivity index (χ1) is 14.7. The summed E-state index contributed by atoms with van der Waals surface area (Å²) in [7, 11) is 0. The normalized spacial score (nSPS) is 21.9. The highest BCUT2D eigenvalue weighted by molar-refractivity contribution is 6.33. The summed E-state index contributed by atoms with van der Waals surface area (Å²) < 4.78 is 2.19. The molecule has 0 saturated heterocycles. The third-order valence-electron chi connectivity index (χ3n) is 6.00.